The predicted octanol–water partition coefficient (Wildman–Crippen LogP) is 1.73. The molecule has 0 radical (unpaired) electrons. The van der Waals surface area contributed by atoms with Gasteiger partial charge < -0.3 is 5.73 Å². The van der Waals surface area contributed by atoms with Gasteiger partial charge in [-0.1, -0.05) is 32.1 Å². The average molecular weight is 287 g/mol. The summed E-state index contributed by atoms with van der Waals surface area (Å²) in [7, 11) is -3.32. The maximum atomic E-state index is 12.2. The van der Waals surface area contributed by atoms with Crippen molar-refractivity contribution in [1.82, 2.24) is 4.72 Å². The van der Waals surface area contributed by atoms with Crippen LogP contribution in [0.25, 0.3) is 0 Å². The lowest BCUT2D eigenvalue weighted by Crippen LogP contribution is -2.57. The second-order valence-electron chi connectivity index (χ2n) is 6.09. The molecule has 0 aliphatic heterocycles. The fourth-order valence-electron chi connectivity index (χ4n) is 2.87. The maximum Gasteiger partial charge on any atom is 0.212 e. The van der Waals surface area contributed by atoms with Crippen LogP contribution >= 0.6 is 0 Å². The Morgan fingerprint density at radius 1 is 1.16 bits per heavy atom. The lowest BCUT2D eigenvalue weighted by atomic mass is 9.84. The van der Waals surface area contributed by atoms with Gasteiger partial charge in [-0.3, -0.25) is 5.41 Å². The van der Waals surface area contributed by atoms with Crippen molar-refractivity contribution in [3.8, 4) is 0 Å². The SMILES string of the molecule is N=C(N)C1(NS(=O)(=O)CC2CC2)CCCCCCC1. The van der Waals surface area contributed by atoms with E-state index in [-0.39, 0.29) is 11.6 Å². The molecule has 110 valence electrons. The molecule has 0 aromatic carbocycles. The van der Waals surface area contributed by atoms with Crippen LogP contribution in [0.4, 0.5) is 0 Å². The molecule has 5 nitrogen and oxygen atoms in total. The van der Waals surface area contributed by atoms with E-state index in [4.69, 9.17) is 11.1 Å². The first kappa shape index (κ1) is 14.8. The molecule has 2 aliphatic rings. The van der Waals surface area contributed by atoms with Crippen LogP contribution in [0.5, 0.6) is 0 Å². The van der Waals surface area contributed by atoms with E-state index < -0.39 is 15.6 Å². The standard InChI is InChI=1S/C13H25N3O2S/c14-12(15)13(8-4-2-1-3-5-9-13)16-19(17,18)10-11-6-7-11/h11,16H,1-10H2,(H3,14,15). The average Bonchev–Trinajstić information content (AvgIpc) is 3.04. The number of nitrogens with two attached hydrogens (primary N) is 1. The van der Waals surface area contributed by atoms with Crippen molar-refractivity contribution < 1.29 is 8.42 Å². The van der Waals surface area contributed by atoms with E-state index in [0.717, 1.165) is 38.5 Å². The lowest BCUT2D eigenvalue weighted by Gasteiger charge is -2.35. The number of rotatable bonds is 5. The van der Waals surface area contributed by atoms with Crippen LogP contribution < -0.4 is 10.5 Å². The number of hydrogen-bond acceptors (Lipinski definition) is 3. The van der Waals surface area contributed by atoms with Crippen LogP contribution in [0, 0.1) is 11.3 Å². The lowest BCUT2D eigenvalue weighted by molar-refractivity contribution is 0.366. The van der Waals surface area contributed by atoms with E-state index in [0.29, 0.717) is 18.8 Å². The van der Waals surface area contributed by atoms with Crippen molar-refractivity contribution in [2.24, 2.45) is 11.7 Å². The van der Waals surface area contributed by atoms with Crippen LogP contribution in [0.2, 0.25) is 0 Å². The van der Waals surface area contributed by atoms with Gasteiger partial charge in [-0.25, -0.2) is 13.1 Å². The number of nitrogens with one attached hydrogen (secondary N) is 2. The highest BCUT2D eigenvalue weighted by atomic mass is 32.2. The fourth-order valence-corrected chi connectivity index (χ4v) is 4.82. The molecule has 0 bridgehead atoms. The molecule has 4 N–H and O–H groups in total. The summed E-state index contributed by atoms with van der Waals surface area (Å²) in [6, 6.07) is 0. The van der Waals surface area contributed by atoms with Crippen molar-refractivity contribution in [3.63, 3.8) is 0 Å². The number of hydrogen-bond donors (Lipinski definition) is 3. The molecule has 19 heavy (non-hydrogen) atoms. The first-order valence-corrected chi connectivity index (χ1v) is 8.95. The highest BCUT2D eigenvalue weighted by Gasteiger charge is 2.39. The largest absolute Gasteiger partial charge is 0.386 e. The first-order valence-electron chi connectivity index (χ1n) is 7.30. The van der Waals surface area contributed by atoms with Gasteiger partial charge in [0.05, 0.1) is 11.3 Å². The Morgan fingerprint density at radius 3 is 2.16 bits per heavy atom. The van der Waals surface area contributed by atoms with E-state index in [9.17, 15) is 8.42 Å². The van der Waals surface area contributed by atoms with Gasteiger partial charge in [-0.2, -0.15) is 0 Å². The Balaban J connectivity index is 2.10. The van der Waals surface area contributed by atoms with Crippen LogP contribution in [0.1, 0.15) is 57.8 Å². The summed E-state index contributed by atoms with van der Waals surface area (Å²) in [5.41, 5.74) is 4.91. The zero-order valence-electron chi connectivity index (χ0n) is 11.5. The molecule has 2 saturated carbocycles. The van der Waals surface area contributed by atoms with Crippen molar-refractivity contribution >= 4 is 15.9 Å². The number of sulfonamides is 1. The van der Waals surface area contributed by atoms with Crippen molar-refractivity contribution in [2.75, 3.05) is 5.75 Å². The first-order chi connectivity index (χ1) is 8.94. The normalized spacial score (nSPS) is 24.4. The number of amidine groups is 1. The third-order valence-corrected chi connectivity index (χ3v) is 5.84. The summed E-state index contributed by atoms with van der Waals surface area (Å²) in [6.07, 6.45) is 8.60. The minimum absolute atomic E-state index is 0.0197. The minimum Gasteiger partial charge on any atom is -0.386 e. The zero-order chi connectivity index (χ0) is 13.9. The molecule has 2 fully saturated rings. The Kier molecular flexibility index (Phi) is 4.50. The molecule has 0 aromatic rings. The Labute approximate surface area is 115 Å². The molecular formula is C13H25N3O2S. The van der Waals surface area contributed by atoms with E-state index >= 15 is 0 Å². The Hall–Kier alpha value is -0.620. The van der Waals surface area contributed by atoms with Gasteiger partial charge in [0.25, 0.3) is 0 Å². The summed E-state index contributed by atoms with van der Waals surface area (Å²) >= 11 is 0. The molecule has 2 rings (SSSR count). The van der Waals surface area contributed by atoms with Gasteiger partial charge in [0.2, 0.25) is 10.0 Å². The molecule has 0 spiro atoms. The molecular weight excluding hydrogens is 262 g/mol. The van der Waals surface area contributed by atoms with Gasteiger partial charge >= 0.3 is 0 Å². The van der Waals surface area contributed by atoms with Crippen LogP contribution in [-0.4, -0.2) is 25.5 Å². The Morgan fingerprint density at radius 2 is 1.68 bits per heavy atom. The van der Waals surface area contributed by atoms with Gasteiger partial charge in [0.1, 0.15) is 5.84 Å². The maximum absolute atomic E-state index is 12.2. The molecule has 0 heterocycles. The second kappa shape index (κ2) is 5.79. The topological polar surface area (TPSA) is 96.0 Å². The summed E-state index contributed by atoms with van der Waals surface area (Å²) in [6.45, 7) is 0. The van der Waals surface area contributed by atoms with Gasteiger partial charge in [-0.15, -0.1) is 0 Å². The predicted molar refractivity (Wildman–Crippen MR) is 76.6 cm³/mol. The van der Waals surface area contributed by atoms with E-state index in [1.165, 1.54) is 6.42 Å². The molecule has 6 heteroatoms. The van der Waals surface area contributed by atoms with Gasteiger partial charge in [0.15, 0.2) is 0 Å². The van der Waals surface area contributed by atoms with Crippen molar-refractivity contribution in [3.05, 3.63) is 0 Å². The minimum atomic E-state index is -3.32. The monoisotopic (exact) mass is 287 g/mol. The quantitative estimate of drug-likeness (QED) is 0.531. The van der Waals surface area contributed by atoms with Crippen LogP contribution in [0.3, 0.4) is 0 Å². The molecule has 0 saturated heterocycles. The third kappa shape index (κ3) is 4.18. The van der Waals surface area contributed by atoms with E-state index in [2.05, 4.69) is 4.72 Å². The molecule has 0 atom stereocenters. The Bertz CT molecular complexity index is 421. The van der Waals surface area contributed by atoms with Crippen LogP contribution in [-0.2, 0) is 10.0 Å². The smallest absolute Gasteiger partial charge is 0.212 e. The molecule has 0 aromatic heterocycles. The third-order valence-electron chi connectivity index (χ3n) is 4.23. The summed E-state index contributed by atoms with van der Waals surface area (Å²) in [4.78, 5) is 0. The van der Waals surface area contributed by atoms with Crippen molar-refractivity contribution in [2.45, 2.75) is 63.3 Å². The van der Waals surface area contributed by atoms with Gasteiger partial charge in [0, 0.05) is 0 Å². The van der Waals surface area contributed by atoms with Crippen molar-refractivity contribution in [1.29, 1.82) is 5.41 Å². The second-order valence-corrected chi connectivity index (χ2v) is 7.86. The van der Waals surface area contributed by atoms with Gasteiger partial charge in [-0.05, 0) is 31.6 Å². The highest BCUT2D eigenvalue weighted by molar-refractivity contribution is 7.89. The zero-order valence-corrected chi connectivity index (χ0v) is 12.3. The van der Waals surface area contributed by atoms with E-state index in [1.54, 1.807) is 0 Å². The summed E-state index contributed by atoms with van der Waals surface area (Å²) < 4.78 is 27.2. The van der Waals surface area contributed by atoms with Crippen LogP contribution in [0.15, 0.2) is 0 Å². The summed E-state index contributed by atoms with van der Waals surface area (Å²) in [5.74, 6) is 0.492. The molecule has 2 aliphatic carbocycles. The highest BCUT2D eigenvalue weighted by Crippen LogP contribution is 2.32. The fraction of sp³-hybridized carbons (Fsp3) is 0.923. The summed E-state index contributed by atoms with van der Waals surface area (Å²) in [5, 5.41) is 7.83. The van der Waals surface area contributed by atoms with E-state index in [1.807, 2.05) is 0 Å². The molecule has 0 unspecified atom stereocenters. The molecule has 0 amide bonds.